The van der Waals surface area contributed by atoms with E-state index in [1.807, 2.05) is 17.8 Å². The van der Waals surface area contributed by atoms with Crippen molar-refractivity contribution in [3.8, 4) is 6.07 Å². The number of ether oxygens (including phenoxy) is 1. The van der Waals surface area contributed by atoms with Crippen LogP contribution >= 0.6 is 0 Å². The third-order valence-corrected chi connectivity index (χ3v) is 4.57. The molecule has 2 heterocycles. The minimum absolute atomic E-state index is 0.0552. The van der Waals surface area contributed by atoms with Gasteiger partial charge in [0, 0.05) is 19.4 Å². The standard InChI is InChI=1S/C14H19N3O/c1-12-8-16-17(9-12)14(2-5-15)10-13(11-14)3-6-18-7-4-13/h8-9H,2-4,6-7,10-11H2,1H3. The molecule has 18 heavy (non-hydrogen) atoms. The zero-order chi connectivity index (χ0) is 12.6. The lowest BCUT2D eigenvalue weighted by molar-refractivity contribution is -0.103. The summed E-state index contributed by atoms with van der Waals surface area (Å²) < 4.78 is 7.49. The first-order chi connectivity index (χ1) is 8.68. The molecule has 4 nitrogen and oxygen atoms in total. The van der Waals surface area contributed by atoms with E-state index in [1.54, 1.807) is 0 Å². The molecule has 1 aromatic heterocycles. The van der Waals surface area contributed by atoms with Gasteiger partial charge in [0.05, 0.1) is 24.2 Å². The van der Waals surface area contributed by atoms with E-state index in [0.717, 1.165) is 38.9 Å². The van der Waals surface area contributed by atoms with Gasteiger partial charge >= 0.3 is 0 Å². The molecule has 3 rings (SSSR count). The maximum Gasteiger partial charge on any atom is 0.0767 e. The second-order valence-electron chi connectivity index (χ2n) is 5.99. The summed E-state index contributed by atoms with van der Waals surface area (Å²) in [4.78, 5) is 0. The largest absolute Gasteiger partial charge is 0.381 e. The highest BCUT2D eigenvalue weighted by atomic mass is 16.5. The zero-order valence-electron chi connectivity index (χ0n) is 10.9. The summed E-state index contributed by atoms with van der Waals surface area (Å²) >= 11 is 0. The van der Waals surface area contributed by atoms with Crippen LogP contribution in [-0.4, -0.2) is 23.0 Å². The van der Waals surface area contributed by atoms with E-state index in [1.165, 1.54) is 5.56 Å². The first-order valence-corrected chi connectivity index (χ1v) is 6.65. The second-order valence-corrected chi connectivity index (χ2v) is 5.99. The summed E-state index contributed by atoms with van der Waals surface area (Å²) in [7, 11) is 0. The summed E-state index contributed by atoms with van der Waals surface area (Å²) in [5.41, 5.74) is 1.52. The lowest BCUT2D eigenvalue weighted by atomic mass is 9.53. The molecule has 0 amide bonds. The average Bonchev–Trinajstić information content (AvgIpc) is 2.75. The van der Waals surface area contributed by atoms with E-state index in [-0.39, 0.29) is 5.54 Å². The monoisotopic (exact) mass is 245 g/mol. The van der Waals surface area contributed by atoms with Crippen molar-refractivity contribution in [2.75, 3.05) is 13.2 Å². The van der Waals surface area contributed by atoms with Gasteiger partial charge in [-0.3, -0.25) is 4.68 Å². The van der Waals surface area contributed by atoms with Crippen LogP contribution in [0.25, 0.3) is 0 Å². The highest BCUT2D eigenvalue weighted by Crippen LogP contribution is 2.59. The van der Waals surface area contributed by atoms with Gasteiger partial charge in [-0.1, -0.05) is 0 Å². The molecule has 0 aromatic carbocycles. The summed E-state index contributed by atoms with van der Waals surface area (Å²) in [6, 6.07) is 2.35. The number of rotatable bonds is 2. The van der Waals surface area contributed by atoms with Gasteiger partial charge in [0.1, 0.15) is 0 Å². The van der Waals surface area contributed by atoms with E-state index in [4.69, 9.17) is 10.00 Å². The molecule has 0 N–H and O–H groups in total. The molecule has 1 aliphatic carbocycles. The second kappa shape index (κ2) is 4.10. The molecule has 0 unspecified atom stereocenters. The van der Waals surface area contributed by atoms with Crippen molar-refractivity contribution in [3.63, 3.8) is 0 Å². The fraction of sp³-hybridized carbons (Fsp3) is 0.714. The first-order valence-electron chi connectivity index (χ1n) is 6.65. The van der Waals surface area contributed by atoms with Gasteiger partial charge in [-0.25, -0.2) is 0 Å². The van der Waals surface area contributed by atoms with Crippen LogP contribution in [-0.2, 0) is 10.3 Å². The Balaban J connectivity index is 1.82. The van der Waals surface area contributed by atoms with Crippen molar-refractivity contribution in [2.24, 2.45) is 5.41 Å². The molecule has 2 fully saturated rings. The molecule has 1 aromatic rings. The fourth-order valence-electron chi connectivity index (χ4n) is 3.69. The number of aromatic nitrogens is 2. The topological polar surface area (TPSA) is 50.8 Å². The minimum atomic E-state index is -0.0552. The zero-order valence-corrected chi connectivity index (χ0v) is 10.9. The molecule has 1 saturated carbocycles. The van der Waals surface area contributed by atoms with Crippen molar-refractivity contribution >= 4 is 0 Å². The predicted octanol–water partition coefficient (Wildman–Crippen LogP) is 2.39. The third-order valence-electron chi connectivity index (χ3n) is 4.57. The van der Waals surface area contributed by atoms with E-state index < -0.39 is 0 Å². The lowest BCUT2D eigenvalue weighted by Gasteiger charge is -2.57. The lowest BCUT2D eigenvalue weighted by Crippen LogP contribution is -2.55. The van der Waals surface area contributed by atoms with Crippen molar-refractivity contribution in [1.82, 2.24) is 9.78 Å². The van der Waals surface area contributed by atoms with Gasteiger partial charge in [-0.05, 0) is 43.6 Å². The molecule has 0 bridgehead atoms. The summed E-state index contributed by atoms with van der Waals surface area (Å²) in [6.07, 6.45) is 8.96. The van der Waals surface area contributed by atoms with Gasteiger partial charge < -0.3 is 4.74 Å². The van der Waals surface area contributed by atoms with Crippen molar-refractivity contribution < 1.29 is 4.74 Å². The van der Waals surface area contributed by atoms with Crippen LogP contribution in [0.1, 0.15) is 37.7 Å². The Morgan fingerprint density at radius 2 is 2.17 bits per heavy atom. The molecule has 1 spiro atoms. The molecule has 0 radical (unpaired) electrons. The normalized spacial score (nSPS) is 24.4. The minimum Gasteiger partial charge on any atom is -0.381 e. The predicted molar refractivity (Wildman–Crippen MR) is 66.9 cm³/mol. The summed E-state index contributed by atoms with van der Waals surface area (Å²) in [5, 5.41) is 13.5. The van der Waals surface area contributed by atoms with Crippen molar-refractivity contribution in [2.45, 2.75) is 44.6 Å². The van der Waals surface area contributed by atoms with E-state index >= 15 is 0 Å². The molecule has 96 valence electrons. The first kappa shape index (κ1) is 11.7. The molecule has 1 saturated heterocycles. The van der Waals surface area contributed by atoms with Crippen LogP contribution in [0.4, 0.5) is 0 Å². The molecule has 0 atom stereocenters. The SMILES string of the molecule is Cc1cnn(C2(CC#N)CC3(CCOCC3)C2)c1. The Hall–Kier alpha value is -1.34. The smallest absolute Gasteiger partial charge is 0.0767 e. The average molecular weight is 245 g/mol. The van der Waals surface area contributed by atoms with Crippen LogP contribution in [0, 0.1) is 23.7 Å². The molecular weight excluding hydrogens is 226 g/mol. The van der Waals surface area contributed by atoms with Gasteiger partial charge in [0.25, 0.3) is 0 Å². The maximum absolute atomic E-state index is 9.11. The molecule has 2 aliphatic rings. The summed E-state index contributed by atoms with van der Waals surface area (Å²) in [5.74, 6) is 0. The van der Waals surface area contributed by atoms with E-state index in [9.17, 15) is 0 Å². The van der Waals surface area contributed by atoms with Crippen LogP contribution in [0.3, 0.4) is 0 Å². The molecular formula is C14H19N3O. The Morgan fingerprint density at radius 3 is 2.72 bits per heavy atom. The number of hydrogen-bond acceptors (Lipinski definition) is 3. The Labute approximate surface area is 108 Å². The van der Waals surface area contributed by atoms with Gasteiger partial charge in [0.15, 0.2) is 0 Å². The van der Waals surface area contributed by atoms with Gasteiger partial charge in [0.2, 0.25) is 0 Å². The van der Waals surface area contributed by atoms with Crippen LogP contribution < -0.4 is 0 Å². The maximum atomic E-state index is 9.11. The highest BCUT2D eigenvalue weighted by Gasteiger charge is 2.56. The van der Waals surface area contributed by atoms with Crippen LogP contribution in [0.2, 0.25) is 0 Å². The Morgan fingerprint density at radius 1 is 1.44 bits per heavy atom. The van der Waals surface area contributed by atoms with Crippen molar-refractivity contribution in [3.05, 3.63) is 18.0 Å². The third kappa shape index (κ3) is 1.74. The molecule has 1 aliphatic heterocycles. The molecule has 4 heteroatoms. The van der Waals surface area contributed by atoms with Crippen molar-refractivity contribution in [1.29, 1.82) is 5.26 Å². The number of nitrogens with zero attached hydrogens (tertiary/aromatic N) is 3. The van der Waals surface area contributed by atoms with Crippen LogP contribution in [0.15, 0.2) is 12.4 Å². The highest BCUT2D eigenvalue weighted by molar-refractivity contribution is 5.13. The van der Waals surface area contributed by atoms with Gasteiger partial charge in [-0.2, -0.15) is 10.4 Å². The Bertz CT molecular complexity index is 471. The van der Waals surface area contributed by atoms with E-state index in [2.05, 4.69) is 17.4 Å². The fourth-order valence-corrected chi connectivity index (χ4v) is 3.69. The quantitative estimate of drug-likeness (QED) is 0.804. The number of hydrogen-bond donors (Lipinski definition) is 0. The van der Waals surface area contributed by atoms with Crippen LogP contribution in [0.5, 0.6) is 0 Å². The number of aryl methyl sites for hydroxylation is 1. The summed E-state index contributed by atoms with van der Waals surface area (Å²) in [6.45, 7) is 3.80. The van der Waals surface area contributed by atoms with Gasteiger partial charge in [-0.15, -0.1) is 0 Å². The Kier molecular flexibility index (Phi) is 2.67. The van der Waals surface area contributed by atoms with E-state index in [0.29, 0.717) is 11.8 Å². The number of nitriles is 1.